The summed E-state index contributed by atoms with van der Waals surface area (Å²) in [6.45, 7) is 0. The van der Waals surface area contributed by atoms with Gasteiger partial charge in [0.1, 0.15) is 5.01 Å². The summed E-state index contributed by atoms with van der Waals surface area (Å²) in [5.74, 6) is -3.02. The first-order chi connectivity index (χ1) is 14.6. The molecule has 0 aliphatic rings. The number of aromatic nitrogens is 1. The number of alkyl halides is 2. The van der Waals surface area contributed by atoms with Crippen LogP contribution in [0.1, 0.15) is 10.4 Å². The van der Waals surface area contributed by atoms with Crippen molar-refractivity contribution in [1.82, 2.24) is 4.98 Å². The van der Waals surface area contributed by atoms with Crippen LogP contribution in [-0.2, 0) is 0 Å². The van der Waals surface area contributed by atoms with Gasteiger partial charge in [0.2, 0.25) is 0 Å². The van der Waals surface area contributed by atoms with Gasteiger partial charge in [-0.05, 0) is 24.3 Å². The van der Waals surface area contributed by atoms with E-state index in [2.05, 4.69) is 5.32 Å². The summed E-state index contributed by atoms with van der Waals surface area (Å²) in [7, 11) is 0. The molecule has 0 saturated carbocycles. The summed E-state index contributed by atoms with van der Waals surface area (Å²) in [4.78, 5) is 17.6. The normalized spacial score (nSPS) is 10.9. The highest BCUT2D eigenvalue weighted by Crippen LogP contribution is 2.31. The van der Waals surface area contributed by atoms with Crippen molar-refractivity contribution in [3.05, 3.63) is 89.8 Å². The van der Waals surface area contributed by atoms with Crippen LogP contribution in [0.15, 0.2) is 89.1 Å². The quantitative estimate of drug-likeness (QED) is 0.328. The molecule has 4 rings (SSSR count). The summed E-state index contributed by atoms with van der Waals surface area (Å²) in [6, 6.07) is 23.6. The number of anilines is 1. The van der Waals surface area contributed by atoms with Crippen LogP contribution in [0, 0.1) is 0 Å². The standard InChI is InChI=1S/C23H16F2N2OS2/c24-23(25)30-20-12-5-4-11-18(20)21(28)26-17-10-6-9-16(13-17)19-14-29-22(27-19)15-7-2-1-3-8-15/h1-14,23H,(H,26,28). The molecule has 0 radical (unpaired) electrons. The van der Waals surface area contributed by atoms with E-state index in [1.165, 1.54) is 12.1 Å². The van der Waals surface area contributed by atoms with Gasteiger partial charge < -0.3 is 5.32 Å². The Balaban J connectivity index is 1.55. The summed E-state index contributed by atoms with van der Waals surface area (Å²) < 4.78 is 25.6. The lowest BCUT2D eigenvalue weighted by Gasteiger charge is -2.10. The Kier molecular flexibility index (Phi) is 6.21. The zero-order valence-electron chi connectivity index (χ0n) is 15.6. The van der Waals surface area contributed by atoms with Gasteiger partial charge in [0, 0.05) is 27.1 Å². The predicted octanol–water partition coefficient (Wildman–Crippen LogP) is 7.04. The minimum atomic E-state index is -2.59. The van der Waals surface area contributed by atoms with Gasteiger partial charge in [-0.25, -0.2) is 4.98 Å². The van der Waals surface area contributed by atoms with Crippen molar-refractivity contribution in [2.75, 3.05) is 5.32 Å². The van der Waals surface area contributed by atoms with Crippen molar-refractivity contribution < 1.29 is 13.6 Å². The molecule has 0 atom stereocenters. The predicted molar refractivity (Wildman–Crippen MR) is 119 cm³/mol. The van der Waals surface area contributed by atoms with E-state index in [0.717, 1.165) is 21.8 Å². The molecule has 1 aromatic heterocycles. The zero-order chi connectivity index (χ0) is 20.9. The minimum absolute atomic E-state index is 0.216. The minimum Gasteiger partial charge on any atom is -0.322 e. The molecule has 150 valence electrons. The second kappa shape index (κ2) is 9.19. The van der Waals surface area contributed by atoms with Gasteiger partial charge in [0.25, 0.3) is 11.7 Å². The number of hydrogen-bond donors (Lipinski definition) is 1. The molecule has 0 fully saturated rings. The number of rotatable bonds is 6. The molecule has 4 aromatic rings. The zero-order valence-corrected chi connectivity index (χ0v) is 17.2. The highest BCUT2D eigenvalue weighted by Gasteiger charge is 2.16. The SMILES string of the molecule is O=C(Nc1cccc(-c2csc(-c3ccccc3)n2)c1)c1ccccc1SC(F)F. The fourth-order valence-corrected chi connectivity index (χ4v) is 4.40. The molecule has 0 saturated heterocycles. The van der Waals surface area contributed by atoms with Crippen LogP contribution >= 0.6 is 23.1 Å². The first-order valence-electron chi connectivity index (χ1n) is 9.07. The van der Waals surface area contributed by atoms with E-state index in [1.54, 1.807) is 29.5 Å². The Morgan fingerprint density at radius 3 is 2.47 bits per heavy atom. The molecule has 1 N–H and O–H groups in total. The number of benzene rings is 3. The van der Waals surface area contributed by atoms with Crippen molar-refractivity contribution >= 4 is 34.7 Å². The number of thioether (sulfide) groups is 1. The maximum atomic E-state index is 12.8. The number of carbonyl (C=O) groups is 1. The highest BCUT2D eigenvalue weighted by molar-refractivity contribution is 7.99. The first-order valence-corrected chi connectivity index (χ1v) is 10.8. The molecule has 0 bridgehead atoms. The number of thiazole rings is 1. The lowest BCUT2D eigenvalue weighted by Crippen LogP contribution is -2.13. The smallest absolute Gasteiger partial charge is 0.288 e. The molecule has 0 aliphatic heterocycles. The second-order valence-electron chi connectivity index (χ2n) is 6.31. The maximum Gasteiger partial charge on any atom is 0.288 e. The fraction of sp³-hybridized carbons (Fsp3) is 0.0435. The van der Waals surface area contributed by atoms with Crippen molar-refractivity contribution in [2.45, 2.75) is 10.7 Å². The van der Waals surface area contributed by atoms with E-state index in [9.17, 15) is 13.6 Å². The van der Waals surface area contributed by atoms with Gasteiger partial charge >= 0.3 is 0 Å². The van der Waals surface area contributed by atoms with E-state index >= 15 is 0 Å². The Morgan fingerprint density at radius 2 is 1.67 bits per heavy atom. The third kappa shape index (κ3) is 4.75. The van der Waals surface area contributed by atoms with Gasteiger partial charge in [0.05, 0.1) is 11.3 Å². The number of amides is 1. The topological polar surface area (TPSA) is 42.0 Å². The molecule has 1 amide bonds. The van der Waals surface area contributed by atoms with Crippen LogP contribution < -0.4 is 5.32 Å². The second-order valence-corrected chi connectivity index (χ2v) is 8.20. The number of carbonyl (C=O) groups excluding carboxylic acids is 1. The lowest BCUT2D eigenvalue weighted by molar-refractivity contribution is 0.102. The van der Waals surface area contributed by atoms with Gasteiger partial charge in [-0.3, -0.25) is 4.79 Å². The largest absolute Gasteiger partial charge is 0.322 e. The van der Waals surface area contributed by atoms with Gasteiger partial charge in [-0.1, -0.05) is 66.4 Å². The molecular weight excluding hydrogens is 422 g/mol. The molecule has 1 heterocycles. The lowest BCUT2D eigenvalue weighted by atomic mass is 10.1. The van der Waals surface area contributed by atoms with Crippen molar-refractivity contribution in [1.29, 1.82) is 0 Å². The average molecular weight is 439 g/mol. The number of nitrogens with zero attached hydrogens (tertiary/aromatic N) is 1. The Labute approximate surface area is 180 Å². The van der Waals surface area contributed by atoms with Crippen molar-refractivity contribution in [3.8, 4) is 21.8 Å². The fourth-order valence-electron chi connectivity index (χ4n) is 2.93. The molecule has 3 nitrogen and oxygen atoms in total. The van der Waals surface area contributed by atoms with Gasteiger partial charge in [-0.15, -0.1) is 11.3 Å². The molecule has 0 spiro atoms. The number of nitrogens with one attached hydrogen (secondary N) is 1. The monoisotopic (exact) mass is 438 g/mol. The van der Waals surface area contributed by atoms with Crippen LogP contribution in [0.25, 0.3) is 21.8 Å². The third-order valence-corrected chi connectivity index (χ3v) is 5.97. The Morgan fingerprint density at radius 1 is 0.933 bits per heavy atom. The van der Waals surface area contributed by atoms with Crippen LogP contribution in [0.4, 0.5) is 14.5 Å². The maximum absolute atomic E-state index is 12.8. The molecule has 7 heteroatoms. The average Bonchev–Trinajstić information content (AvgIpc) is 3.25. The molecular formula is C23H16F2N2OS2. The Hall–Kier alpha value is -3.03. The van der Waals surface area contributed by atoms with Crippen LogP contribution in [0.3, 0.4) is 0 Å². The summed E-state index contributed by atoms with van der Waals surface area (Å²) in [6.07, 6.45) is 0. The third-order valence-electron chi connectivity index (χ3n) is 4.29. The van der Waals surface area contributed by atoms with E-state index < -0.39 is 11.7 Å². The first kappa shape index (κ1) is 20.3. The molecule has 3 aromatic carbocycles. The summed E-state index contributed by atoms with van der Waals surface area (Å²) >= 11 is 1.91. The van der Waals surface area contributed by atoms with E-state index in [0.29, 0.717) is 17.4 Å². The van der Waals surface area contributed by atoms with Gasteiger partial charge in [-0.2, -0.15) is 8.78 Å². The molecule has 0 aliphatic carbocycles. The van der Waals surface area contributed by atoms with E-state index in [-0.39, 0.29) is 10.5 Å². The molecule has 30 heavy (non-hydrogen) atoms. The van der Waals surface area contributed by atoms with Crippen LogP contribution in [0.5, 0.6) is 0 Å². The summed E-state index contributed by atoms with van der Waals surface area (Å²) in [5.41, 5.74) is 3.51. The van der Waals surface area contributed by atoms with Crippen LogP contribution in [0.2, 0.25) is 0 Å². The van der Waals surface area contributed by atoms with Crippen LogP contribution in [-0.4, -0.2) is 16.6 Å². The van der Waals surface area contributed by atoms with Crippen molar-refractivity contribution in [2.24, 2.45) is 0 Å². The highest BCUT2D eigenvalue weighted by atomic mass is 32.2. The number of halogens is 2. The van der Waals surface area contributed by atoms with Crippen molar-refractivity contribution in [3.63, 3.8) is 0 Å². The van der Waals surface area contributed by atoms with Gasteiger partial charge in [0.15, 0.2) is 0 Å². The number of hydrogen-bond acceptors (Lipinski definition) is 4. The molecule has 0 unspecified atom stereocenters. The van der Waals surface area contributed by atoms with E-state index in [1.807, 2.05) is 53.9 Å². The van der Waals surface area contributed by atoms with E-state index in [4.69, 9.17) is 4.98 Å². The summed E-state index contributed by atoms with van der Waals surface area (Å²) in [5, 5.41) is 5.68. The Bertz CT molecular complexity index is 1160.